The van der Waals surface area contributed by atoms with Crippen molar-refractivity contribution in [3.63, 3.8) is 0 Å². The van der Waals surface area contributed by atoms with Gasteiger partial charge in [-0.2, -0.15) is 0 Å². The van der Waals surface area contributed by atoms with Crippen molar-refractivity contribution in [2.45, 2.75) is 59.5 Å². The second kappa shape index (κ2) is 3.23. The molecule has 14 heavy (non-hydrogen) atoms. The van der Waals surface area contributed by atoms with Crippen LogP contribution in [0.3, 0.4) is 0 Å². The molecule has 1 aliphatic heterocycles. The van der Waals surface area contributed by atoms with Gasteiger partial charge in [-0.05, 0) is 52.5 Å². The smallest absolute Gasteiger partial charge is 0.0183 e. The maximum Gasteiger partial charge on any atom is 0.0183 e. The van der Waals surface area contributed by atoms with Gasteiger partial charge in [0.05, 0.1) is 0 Å². The Morgan fingerprint density at radius 3 is 1.36 bits per heavy atom. The Hall–Kier alpha value is -0.0400. The predicted molar refractivity (Wildman–Crippen MR) is 63.4 cm³/mol. The third kappa shape index (κ3) is 1.41. The van der Waals surface area contributed by atoms with Gasteiger partial charge in [0.15, 0.2) is 0 Å². The summed E-state index contributed by atoms with van der Waals surface area (Å²) in [5, 5.41) is 0. The highest BCUT2D eigenvalue weighted by Crippen LogP contribution is 2.47. The summed E-state index contributed by atoms with van der Waals surface area (Å²) in [5.74, 6) is 2.32. The van der Waals surface area contributed by atoms with Crippen LogP contribution in [0.1, 0.15) is 48.5 Å². The Labute approximate surface area is 89.9 Å². The molecule has 0 amide bonds. The van der Waals surface area contributed by atoms with E-state index in [0.717, 1.165) is 17.8 Å². The molecule has 1 fully saturated rings. The van der Waals surface area contributed by atoms with Crippen LogP contribution < -0.4 is 0 Å². The highest BCUT2D eigenvalue weighted by molar-refractivity contribution is 5.04. The van der Waals surface area contributed by atoms with Crippen LogP contribution in [0.2, 0.25) is 0 Å². The Balaban J connectivity index is 3.09. The van der Waals surface area contributed by atoms with Crippen molar-refractivity contribution in [3.05, 3.63) is 0 Å². The highest BCUT2D eigenvalue weighted by Gasteiger charge is 2.50. The average molecular weight is 197 g/mol. The third-order valence-electron chi connectivity index (χ3n) is 5.53. The van der Waals surface area contributed by atoms with Crippen molar-refractivity contribution in [2.24, 2.45) is 17.8 Å². The molecule has 1 rings (SSSR count). The van der Waals surface area contributed by atoms with E-state index in [4.69, 9.17) is 0 Å². The lowest BCUT2D eigenvalue weighted by atomic mass is 9.62. The molecule has 2 unspecified atom stereocenters. The summed E-state index contributed by atoms with van der Waals surface area (Å²) >= 11 is 0. The quantitative estimate of drug-likeness (QED) is 0.575. The van der Waals surface area contributed by atoms with Gasteiger partial charge >= 0.3 is 0 Å². The summed E-state index contributed by atoms with van der Waals surface area (Å²) in [6.07, 6.45) is 0. The normalized spacial score (nSPS) is 42.4. The zero-order chi connectivity index (χ0) is 11.3. The summed E-state index contributed by atoms with van der Waals surface area (Å²) < 4.78 is 0. The van der Waals surface area contributed by atoms with Crippen LogP contribution in [-0.4, -0.2) is 23.0 Å². The van der Waals surface area contributed by atoms with Gasteiger partial charge in [-0.1, -0.05) is 20.8 Å². The minimum absolute atomic E-state index is 0.315. The van der Waals surface area contributed by atoms with Gasteiger partial charge in [0.25, 0.3) is 0 Å². The Morgan fingerprint density at radius 1 is 0.786 bits per heavy atom. The molecule has 0 spiro atoms. The molecular weight excluding hydrogens is 170 g/mol. The average Bonchev–Trinajstić information content (AvgIpc) is 2.11. The van der Waals surface area contributed by atoms with Crippen LogP contribution in [0.15, 0.2) is 0 Å². The molecule has 1 aliphatic rings. The molecule has 0 aromatic heterocycles. The minimum atomic E-state index is 0.315. The number of rotatable bonds is 0. The zero-order valence-electron chi connectivity index (χ0n) is 11.2. The van der Waals surface area contributed by atoms with Gasteiger partial charge < -0.3 is 0 Å². The second-order valence-corrected chi connectivity index (χ2v) is 6.30. The standard InChI is InChI=1S/C13H27N/c1-9-10(2)12(4,5)14(8)13(6,7)11(9)3/h9-11H,1-8H3. The molecule has 2 atom stereocenters. The van der Waals surface area contributed by atoms with E-state index in [1.165, 1.54) is 0 Å². The van der Waals surface area contributed by atoms with Crippen LogP contribution in [0, 0.1) is 17.8 Å². The van der Waals surface area contributed by atoms with Gasteiger partial charge in [-0.3, -0.25) is 4.90 Å². The first-order valence-electron chi connectivity index (χ1n) is 5.87. The van der Waals surface area contributed by atoms with E-state index in [9.17, 15) is 0 Å². The van der Waals surface area contributed by atoms with Crippen LogP contribution in [0.5, 0.6) is 0 Å². The van der Waals surface area contributed by atoms with E-state index in [1.807, 2.05) is 0 Å². The van der Waals surface area contributed by atoms with E-state index >= 15 is 0 Å². The lowest BCUT2D eigenvalue weighted by Gasteiger charge is -2.60. The maximum absolute atomic E-state index is 2.56. The van der Waals surface area contributed by atoms with Crippen molar-refractivity contribution in [1.29, 1.82) is 0 Å². The molecule has 1 saturated heterocycles. The van der Waals surface area contributed by atoms with Gasteiger partial charge in [0.2, 0.25) is 0 Å². The minimum Gasteiger partial charge on any atom is -0.296 e. The van der Waals surface area contributed by atoms with E-state index in [-0.39, 0.29) is 0 Å². The summed E-state index contributed by atoms with van der Waals surface area (Å²) in [6.45, 7) is 16.7. The molecule has 0 aromatic rings. The van der Waals surface area contributed by atoms with Crippen molar-refractivity contribution < 1.29 is 0 Å². The van der Waals surface area contributed by atoms with Gasteiger partial charge in [-0.25, -0.2) is 0 Å². The van der Waals surface area contributed by atoms with Crippen molar-refractivity contribution in [3.8, 4) is 0 Å². The fourth-order valence-corrected chi connectivity index (χ4v) is 3.07. The molecule has 0 aromatic carbocycles. The van der Waals surface area contributed by atoms with Crippen LogP contribution in [0.4, 0.5) is 0 Å². The molecule has 1 heterocycles. The third-order valence-corrected chi connectivity index (χ3v) is 5.53. The SMILES string of the molecule is CC1C(C)C(C)(C)N(C)C(C)(C)C1C. The lowest BCUT2D eigenvalue weighted by molar-refractivity contribution is -0.104. The first-order chi connectivity index (χ1) is 6.13. The fraction of sp³-hybridized carbons (Fsp3) is 1.00. The van der Waals surface area contributed by atoms with Crippen molar-refractivity contribution in [2.75, 3.05) is 7.05 Å². The number of nitrogens with zero attached hydrogens (tertiary/aromatic N) is 1. The largest absolute Gasteiger partial charge is 0.296 e. The van der Waals surface area contributed by atoms with E-state index < -0.39 is 0 Å². The second-order valence-electron chi connectivity index (χ2n) is 6.30. The van der Waals surface area contributed by atoms with E-state index in [1.54, 1.807) is 0 Å². The number of hydrogen-bond donors (Lipinski definition) is 0. The number of hydrogen-bond acceptors (Lipinski definition) is 1. The van der Waals surface area contributed by atoms with Gasteiger partial charge in [0.1, 0.15) is 0 Å². The Kier molecular flexibility index (Phi) is 2.78. The molecule has 0 saturated carbocycles. The van der Waals surface area contributed by atoms with Gasteiger partial charge in [0, 0.05) is 11.1 Å². The molecular formula is C13H27N. The molecule has 1 heteroatoms. The fourth-order valence-electron chi connectivity index (χ4n) is 3.07. The highest BCUT2D eigenvalue weighted by atomic mass is 15.2. The molecule has 1 nitrogen and oxygen atoms in total. The van der Waals surface area contributed by atoms with Crippen LogP contribution in [0.25, 0.3) is 0 Å². The number of piperidine rings is 1. The van der Waals surface area contributed by atoms with Crippen LogP contribution in [-0.2, 0) is 0 Å². The monoisotopic (exact) mass is 197 g/mol. The first-order valence-corrected chi connectivity index (χ1v) is 5.87. The topological polar surface area (TPSA) is 3.24 Å². The molecule has 0 radical (unpaired) electrons. The summed E-state index contributed by atoms with van der Waals surface area (Å²) in [6, 6.07) is 0. The maximum atomic E-state index is 2.56. The van der Waals surface area contributed by atoms with Crippen molar-refractivity contribution in [1.82, 2.24) is 4.90 Å². The predicted octanol–water partition coefficient (Wildman–Crippen LogP) is 3.40. The first kappa shape index (κ1) is 12.0. The summed E-state index contributed by atoms with van der Waals surface area (Å²) in [7, 11) is 2.28. The summed E-state index contributed by atoms with van der Waals surface area (Å²) in [4.78, 5) is 2.56. The van der Waals surface area contributed by atoms with E-state index in [2.05, 4.69) is 60.4 Å². The molecule has 0 bridgehead atoms. The van der Waals surface area contributed by atoms with Crippen LogP contribution >= 0.6 is 0 Å². The lowest BCUT2D eigenvalue weighted by Crippen LogP contribution is -2.65. The molecule has 0 aliphatic carbocycles. The van der Waals surface area contributed by atoms with E-state index in [0.29, 0.717) is 11.1 Å². The van der Waals surface area contributed by atoms with Crippen molar-refractivity contribution >= 4 is 0 Å². The Bertz CT molecular complexity index is 195. The molecule has 0 N–H and O–H groups in total. The zero-order valence-corrected chi connectivity index (χ0v) is 11.2. The molecule has 84 valence electrons. The summed E-state index contributed by atoms with van der Waals surface area (Å²) in [5.41, 5.74) is 0.630. The van der Waals surface area contributed by atoms with Gasteiger partial charge in [-0.15, -0.1) is 0 Å². The number of likely N-dealkylation sites (tertiary alicyclic amines) is 1. The Morgan fingerprint density at radius 2 is 1.07 bits per heavy atom.